The number of para-hydroxylation sites is 1. The molecule has 0 radical (unpaired) electrons. The molecule has 3 N–H and O–H groups in total. The standard InChI is InChI=1S/C22H20N6O3S2/c1-15-4-2-3-5-19(15)28-21(16-10-12-24-13-11-16)26-27-22(28)32-14-20(29)25-17-6-8-18(9-7-17)33(23,30)31/h2-13H,14H2,1H3,(H,25,29)(H2,23,30,31). The second-order valence-electron chi connectivity index (χ2n) is 7.07. The fraction of sp³-hybridized carbons (Fsp3) is 0.0909. The first kappa shape index (κ1) is 22.6. The Labute approximate surface area is 195 Å². The van der Waals surface area contributed by atoms with E-state index in [1.807, 2.05) is 47.9 Å². The van der Waals surface area contributed by atoms with Gasteiger partial charge >= 0.3 is 0 Å². The molecule has 168 valence electrons. The van der Waals surface area contributed by atoms with Gasteiger partial charge in [0.25, 0.3) is 0 Å². The SMILES string of the molecule is Cc1ccccc1-n1c(SCC(=O)Nc2ccc(S(N)(=O)=O)cc2)nnc1-c1ccncc1. The highest BCUT2D eigenvalue weighted by molar-refractivity contribution is 7.99. The molecule has 0 aliphatic heterocycles. The van der Waals surface area contributed by atoms with Crippen LogP contribution in [0.4, 0.5) is 5.69 Å². The van der Waals surface area contributed by atoms with Crippen LogP contribution in [-0.4, -0.2) is 39.8 Å². The monoisotopic (exact) mass is 480 g/mol. The Bertz CT molecular complexity index is 1390. The van der Waals surface area contributed by atoms with Crippen molar-refractivity contribution >= 4 is 33.4 Å². The second kappa shape index (κ2) is 9.53. The van der Waals surface area contributed by atoms with E-state index in [-0.39, 0.29) is 16.6 Å². The molecule has 0 bridgehead atoms. The number of primary sulfonamides is 1. The molecule has 4 aromatic rings. The third kappa shape index (κ3) is 5.28. The molecule has 0 unspecified atom stereocenters. The number of carbonyl (C=O) groups is 1. The van der Waals surface area contributed by atoms with E-state index in [4.69, 9.17) is 5.14 Å². The van der Waals surface area contributed by atoms with E-state index < -0.39 is 10.0 Å². The number of nitrogens with two attached hydrogens (primary N) is 1. The number of rotatable bonds is 7. The van der Waals surface area contributed by atoms with Crippen LogP contribution in [0.5, 0.6) is 0 Å². The van der Waals surface area contributed by atoms with Gasteiger partial charge in [-0.25, -0.2) is 13.6 Å². The average molecular weight is 481 g/mol. The summed E-state index contributed by atoms with van der Waals surface area (Å²) in [5, 5.41) is 17.1. The Kier molecular flexibility index (Phi) is 6.54. The summed E-state index contributed by atoms with van der Waals surface area (Å²) in [7, 11) is -3.79. The first-order chi connectivity index (χ1) is 15.8. The molecule has 2 heterocycles. The zero-order valence-electron chi connectivity index (χ0n) is 17.5. The molecule has 0 fully saturated rings. The number of anilines is 1. The number of aryl methyl sites for hydroxylation is 1. The van der Waals surface area contributed by atoms with Crippen LogP contribution in [0.3, 0.4) is 0 Å². The highest BCUT2D eigenvalue weighted by Crippen LogP contribution is 2.29. The number of pyridine rings is 1. The molecule has 2 aromatic carbocycles. The summed E-state index contributed by atoms with van der Waals surface area (Å²) in [5.41, 5.74) is 3.27. The third-order valence-corrected chi connectivity index (χ3v) is 6.59. The van der Waals surface area contributed by atoms with Gasteiger partial charge in [-0.15, -0.1) is 10.2 Å². The van der Waals surface area contributed by atoms with Crippen molar-refractivity contribution in [3.8, 4) is 17.1 Å². The van der Waals surface area contributed by atoms with Gasteiger partial charge in [-0.1, -0.05) is 30.0 Å². The van der Waals surface area contributed by atoms with Crippen LogP contribution in [0.25, 0.3) is 17.1 Å². The summed E-state index contributed by atoms with van der Waals surface area (Å²) in [5.74, 6) is 0.457. The maximum Gasteiger partial charge on any atom is 0.238 e. The molecule has 9 nitrogen and oxygen atoms in total. The average Bonchev–Trinajstić information content (AvgIpc) is 3.22. The summed E-state index contributed by atoms with van der Waals surface area (Å²) < 4.78 is 24.7. The molecular weight excluding hydrogens is 460 g/mol. The predicted molar refractivity (Wildman–Crippen MR) is 126 cm³/mol. The lowest BCUT2D eigenvalue weighted by Crippen LogP contribution is -2.15. The van der Waals surface area contributed by atoms with Gasteiger partial charge in [-0.2, -0.15) is 0 Å². The number of hydrogen-bond acceptors (Lipinski definition) is 7. The number of benzene rings is 2. The molecule has 0 spiro atoms. The molecule has 0 aliphatic carbocycles. The van der Waals surface area contributed by atoms with Gasteiger partial charge in [0.1, 0.15) is 0 Å². The largest absolute Gasteiger partial charge is 0.325 e. The van der Waals surface area contributed by atoms with Crippen molar-refractivity contribution in [3.63, 3.8) is 0 Å². The number of nitrogens with one attached hydrogen (secondary N) is 1. The van der Waals surface area contributed by atoms with Crippen molar-refractivity contribution in [2.24, 2.45) is 5.14 Å². The van der Waals surface area contributed by atoms with Gasteiger partial charge in [-0.05, 0) is 55.0 Å². The van der Waals surface area contributed by atoms with Crippen LogP contribution in [-0.2, 0) is 14.8 Å². The number of sulfonamides is 1. The lowest BCUT2D eigenvalue weighted by Gasteiger charge is -2.13. The molecular formula is C22H20N6O3S2. The van der Waals surface area contributed by atoms with Crippen LogP contribution < -0.4 is 10.5 Å². The van der Waals surface area contributed by atoms with Crippen molar-refractivity contribution in [2.75, 3.05) is 11.1 Å². The van der Waals surface area contributed by atoms with Crippen molar-refractivity contribution in [1.29, 1.82) is 0 Å². The van der Waals surface area contributed by atoms with Crippen molar-refractivity contribution < 1.29 is 13.2 Å². The number of aromatic nitrogens is 4. The van der Waals surface area contributed by atoms with E-state index in [1.54, 1.807) is 12.4 Å². The van der Waals surface area contributed by atoms with Crippen LogP contribution in [0.1, 0.15) is 5.56 Å². The smallest absolute Gasteiger partial charge is 0.238 e. The highest BCUT2D eigenvalue weighted by Gasteiger charge is 2.18. The van der Waals surface area contributed by atoms with Gasteiger partial charge < -0.3 is 5.32 Å². The zero-order chi connectivity index (χ0) is 23.4. The summed E-state index contributed by atoms with van der Waals surface area (Å²) >= 11 is 1.25. The van der Waals surface area contributed by atoms with Gasteiger partial charge in [0.05, 0.1) is 16.3 Å². The van der Waals surface area contributed by atoms with E-state index in [2.05, 4.69) is 20.5 Å². The minimum absolute atomic E-state index is 0.0233. The maximum atomic E-state index is 12.5. The first-order valence-corrected chi connectivity index (χ1v) is 12.3. The molecule has 0 atom stereocenters. The number of thioether (sulfide) groups is 1. The second-order valence-corrected chi connectivity index (χ2v) is 9.57. The topological polar surface area (TPSA) is 133 Å². The van der Waals surface area contributed by atoms with Crippen LogP contribution >= 0.6 is 11.8 Å². The summed E-state index contributed by atoms with van der Waals surface area (Å²) in [4.78, 5) is 16.6. The number of carbonyl (C=O) groups excluding carboxylic acids is 1. The fourth-order valence-corrected chi connectivity index (χ4v) is 4.40. The Hall–Kier alpha value is -3.54. The van der Waals surface area contributed by atoms with Gasteiger partial charge in [0.15, 0.2) is 11.0 Å². The predicted octanol–water partition coefficient (Wildman–Crippen LogP) is 3.02. The van der Waals surface area contributed by atoms with Crippen LogP contribution in [0.15, 0.2) is 83.1 Å². The van der Waals surface area contributed by atoms with E-state index in [1.165, 1.54) is 36.0 Å². The molecule has 33 heavy (non-hydrogen) atoms. The van der Waals surface area contributed by atoms with Crippen LogP contribution in [0, 0.1) is 6.92 Å². The van der Waals surface area contributed by atoms with E-state index in [0.29, 0.717) is 16.7 Å². The van der Waals surface area contributed by atoms with Crippen molar-refractivity contribution in [2.45, 2.75) is 17.0 Å². The highest BCUT2D eigenvalue weighted by atomic mass is 32.2. The number of nitrogens with zero attached hydrogens (tertiary/aromatic N) is 4. The molecule has 4 rings (SSSR count). The third-order valence-electron chi connectivity index (χ3n) is 4.73. The van der Waals surface area contributed by atoms with Gasteiger partial charge in [0, 0.05) is 23.6 Å². The Balaban J connectivity index is 1.55. The lowest BCUT2D eigenvalue weighted by atomic mass is 10.2. The maximum absolute atomic E-state index is 12.5. The van der Waals surface area contributed by atoms with Gasteiger partial charge in [-0.3, -0.25) is 14.3 Å². The molecule has 1 amide bonds. The van der Waals surface area contributed by atoms with Gasteiger partial charge in [0.2, 0.25) is 15.9 Å². The molecule has 0 saturated heterocycles. The van der Waals surface area contributed by atoms with Crippen molar-refractivity contribution in [1.82, 2.24) is 19.7 Å². The van der Waals surface area contributed by atoms with E-state index >= 15 is 0 Å². The van der Waals surface area contributed by atoms with Crippen LogP contribution in [0.2, 0.25) is 0 Å². The number of amides is 1. The minimum Gasteiger partial charge on any atom is -0.325 e. The number of hydrogen-bond donors (Lipinski definition) is 2. The summed E-state index contributed by atoms with van der Waals surface area (Å²) in [6.07, 6.45) is 3.38. The van der Waals surface area contributed by atoms with E-state index in [0.717, 1.165) is 16.8 Å². The minimum atomic E-state index is -3.79. The molecule has 0 aliphatic rings. The molecule has 2 aromatic heterocycles. The zero-order valence-corrected chi connectivity index (χ0v) is 19.2. The normalized spacial score (nSPS) is 11.3. The summed E-state index contributed by atoms with van der Waals surface area (Å²) in [6, 6.07) is 17.2. The molecule has 11 heteroatoms. The quantitative estimate of drug-likeness (QED) is 0.389. The van der Waals surface area contributed by atoms with E-state index in [9.17, 15) is 13.2 Å². The van der Waals surface area contributed by atoms with Crippen molar-refractivity contribution in [3.05, 3.63) is 78.6 Å². The molecule has 0 saturated carbocycles. The fourth-order valence-electron chi connectivity index (χ4n) is 3.14. The first-order valence-electron chi connectivity index (χ1n) is 9.80. The Morgan fingerprint density at radius 3 is 2.39 bits per heavy atom. The summed E-state index contributed by atoms with van der Waals surface area (Å²) in [6.45, 7) is 2.00. The Morgan fingerprint density at radius 2 is 1.73 bits per heavy atom. The lowest BCUT2D eigenvalue weighted by molar-refractivity contribution is -0.113. The Morgan fingerprint density at radius 1 is 1.03 bits per heavy atom.